The Hall–Kier alpha value is -1.22. The van der Waals surface area contributed by atoms with E-state index >= 15 is 0 Å². The van der Waals surface area contributed by atoms with E-state index in [1.165, 1.54) is 25.9 Å². The highest BCUT2D eigenvalue weighted by molar-refractivity contribution is 14.0. The third-order valence-electron chi connectivity index (χ3n) is 4.84. The number of ether oxygens (including phenoxy) is 2. The van der Waals surface area contributed by atoms with Crippen molar-refractivity contribution in [2.24, 2.45) is 10.9 Å². The minimum atomic E-state index is 0. The molecule has 1 aromatic carbocycles. The van der Waals surface area contributed by atoms with E-state index < -0.39 is 0 Å². The zero-order valence-electron chi connectivity index (χ0n) is 17.1. The van der Waals surface area contributed by atoms with Gasteiger partial charge in [0.25, 0.3) is 0 Å². The van der Waals surface area contributed by atoms with Gasteiger partial charge in [0.2, 0.25) is 0 Å². The summed E-state index contributed by atoms with van der Waals surface area (Å²) in [5, 5.41) is 6.75. The second-order valence-electron chi connectivity index (χ2n) is 6.82. The summed E-state index contributed by atoms with van der Waals surface area (Å²) in [6.07, 6.45) is 2.62. The van der Waals surface area contributed by atoms with Gasteiger partial charge >= 0.3 is 0 Å². The van der Waals surface area contributed by atoms with Gasteiger partial charge in [-0.05, 0) is 50.9 Å². The van der Waals surface area contributed by atoms with Gasteiger partial charge in [-0.3, -0.25) is 0 Å². The molecule has 27 heavy (non-hydrogen) atoms. The number of piperidine rings is 1. The average molecular weight is 490 g/mol. The fraction of sp³-hybridized carbons (Fsp3) is 0.650. The Labute approximate surface area is 181 Å². The molecule has 0 radical (unpaired) electrons. The quantitative estimate of drug-likeness (QED) is 0.333. The maximum absolute atomic E-state index is 5.45. The molecular weight excluding hydrogens is 455 g/mol. The molecule has 0 unspecified atom stereocenters. The molecule has 0 spiro atoms. The highest BCUT2D eigenvalue weighted by Crippen LogP contribution is 2.25. The second kappa shape index (κ2) is 13.0. The first-order chi connectivity index (χ1) is 12.7. The minimum absolute atomic E-state index is 0. The number of hydrogen-bond donors (Lipinski definition) is 2. The van der Waals surface area contributed by atoms with Gasteiger partial charge in [0, 0.05) is 31.3 Å². The predicted molar refractivity (Wildman–Crippen MR) is 123 cm³/mol. The maximum Gasteiger partial charge on any atom is 0.191 e. The zero-order chi connectivity index (χ0) is 18.8. The highest BCUT2D eigenvalue weighted by atomic mass is 127. The van der Waals surface area contributed by atoms with Crippen LogP contribution in [0.15, 0.2) is 23.2 Å². The molecule has 0 aliphatic carbocycles. The summed E-state index contributed by atoms with van der Waals surface area (Å²) in [6, 6.07) is 5.83. The third kappa shape index (κ3) is 8.13. The third-order valence-corrected chi connectivity index (χ3v) is 4.84. The van der Waals surface area contributed by atoms with Crippen LogP contribution in [0, 0.1) is 5.92 Å². The lowest BCUT2D eigenvalue weighted by molar-refractivity contribution is 0.195. The van der Waals surface area contributed by atoms with Gasteiger partial charge in [-0.25, -0.2) is 4.99 Å². The van der Waals surface area contributed by atoms with Crippen molar-refractivity contribution in [3.63, 3.8) is 0 Å². The van der Waals surface area contributed by atoms with Crippen LogP contribution in [0.2, 0.25) is 0 Å². The van der Waals surface area contributed by atoms with E-state index in [4.69, 9.17) is 14.5 Å². The van der Waals surface area contributed by atoms with Gasteiger partial charge in [0.1, 0.15) is 11.5 Å². The molecule has 2 N–H and O–H groups in total. The molecule has 1 heterocycles. The van der Waals surface area contributed by atoms with Crippen molar-refractivity contribution in [2.75, 3.05) is 46.9 Å². The molecule has 1 aliphatic heterocycles. The number of likely N-dealkylation sites (tertiary alicyclic amines) is 1. The number of nitrogens with zero attached hydrogens (tertiary/aromatic N) is 2. The van der Waals surface area contributed by atoms with Crippen LogP contribution in [0.5, 0.6) is 11.5 Å². The summed E-state index contributed by atoms with van der Waals surface area (Å²) in [4.78, 5) is 7.23. The van der Waals surface area contributed by atoms with Crippen molar-refractivity contribution in [3.05, 3.63) is 23.8 Å². The smallest absolute Gasteiger partial charge is 0.191 e. The van der Waals surface area contributed by atoms with E-state index in [-0.39, 0.29) is 24.0 Å². The number of halogens is 1. The summed E-state index contributed by atoms with van der Waals surface area (Å²) in [5.41, 5.74) is 1.04. The number of benzene rings is 1. The van der Waals surface area contributed by atoms with E-state index in [1.54, 1.807) is 14.2 Å². The molecule has 0 aromatic heterocycles. The minimum Gasteiger partial charge on any atom is -0.497 e. The van der Waals surface area contributed by atoms with Crippen molar-refractivity contribution >= 4 is 29.9 Å². The van der Waals surface area contributed by atoms with E-state index in [1.807, 2.05) is 18.2 Å². The van der Waals surface area contributed by atoms with Crippen molar-refractivity contribution in [1.29, 1.82) is 0 Å². The van der Waals surface area contributed by atoms with E-state index in [2.05, 4.69) is 29.4 Å². The molecule has 1 aliphatic rings. The Morgan fingerprint density at radius 1 is 1.19 bits per heavy atom. The number of methoxy groups -OCH3 is 2. The van der Waals surface area contributed by atoms with Crippen LogP contribution in [0.1, 0.15) is 32.3 Å². The molecule has 2 rings (SSSR count). The number of rotatable bonds is 8. The molecule has 6 nitrogen and oxygen atoms in total. The van der Waals surface area contributed by atoms with Crippen LogP contribution in [0.3, 0.4) is 0 Å². The largest absolute Gasteiger partial charge is 0.497 e. The molecule has 0 amide bonds. The van der Waals surface area contributed by atoms with Crippen LogP contribution in [-0.4, -0.2) is 57.8 Å². The highest BCUT2D eigenvalue weighted by Gasteiger charge is 2.15. The lowest BCUT2D eigenvalue weighted by atomic mass is 9.99. The number of hydrogen-bond acceptors (Lipinski definition) is 4. The molecule has 1 fully saturated rings. The number of nitrogens with one attached hydrogen (secondary N) is 2. The molecular formula is C20H35IN4O2. The van der Waals surface area contributed by atoms with Gasteiger partial charge in [-0.15, -0.1) is 24.0 Å². The van der Waals surface area contributed by atoms with Crippen molar-refractivity contribution in [2.45, 2.75) is 33.2 Å². The van der Waals surface area contributed by atoms with Gasteiger partial charge in [0.05, 0.1) is 20.8 Å². The molecule has 1 aromatic rings. The zero-order valence-corrected chi connectivity index (χ0v) is 19.4. The van der Waals surface area contributed by atoms with Crippen LogP contribution in [0.4, 0.5) is 0 Å². The van der Waals surface area contributed by atoms with E-state index in [9.17, 15) is 0 Å². The van der Waals surface area contributed by atoms with Gasteiger partial charge < -0.3 is 25.0 Å². The second-order valence-corrected chi connectivity index (χ2v) is 6.82. The normalized spacial score (nSPS) is 15.8. The summed E-state index contributed by atoms with van der Waals surface area (Å²) in [5.74, 6) is 3.30. The molecule has 1 saturated heterocycles. The fourth-order valence-electron chi connectivity index (χ4n) is 3.11. The van der Waals surface area contributed by atoms with Crippen LogP contribution >= 0.6 is 24.0 Å². The maximum atomic E-state index is 5.45. The van der Waals surface area contributed by atoms with Crippen molar-refractivity contribution in [3.8, 4) is 11.5 Å². The molecule has 7 heteroatoms. The fourth-order valence-corrected chi connectivity index (χ4v) is 3.11. The first-order valence-corrected chi connectivity index (χ1v) is 9.61. The van der Waals surface area contributed by atoms with Crippen LogP contribution < -0.4 is 20.1 Å². The summed E-state index contributed by atoms with van der Waals surface area (Å²) in [6.45, 7) is 10.2. The average Bonchev–Trinajstić information content (AvgIpc) is 2.67. The number of aliphatic imine (C=N–C) groups is 1. The Morgan fingerprint density at radius 2 is 1.93 bits per heavy atom. The Balaban J connectivity index is 0.00000364. The molecule has 0 atom stereocenters. The summed E-state index contributed by atoms with van der Waals surface area (Å²) in [7, 11) is 3.33. The Morgan fingerprint density at radius 3 is 2.56 bits per heavy atom. The summed E-state index contributed by atoms with van der Waals surface area (Å²) >= 11 is 0. The van der Waals surface area contributed by atoms with Gasteiger partial charge in [0.15, 0.2) is 5.96 Å². The SMILES string of the molecule is CCNC(=NCc1ccc(OC)cc1OC)NCCN1CCC(C)CC1.I. The molecule has 0 saturated carbocycles. The van der Waals surface area contributed by atoms with Crippen LogP contribution in [-0.2, 0) is 6.54 Å². The van der Waals surface area contributed by atoms with E-state index in [0.29, 0.717) is 6.54 Å². The van der Waals surface area contributed by atoms with Crippen molar-refractivity contribution < 1.29 is 9.47 Å². The number of guanidine groups is 1. The monoisotopic (exact) mass is 490 g/mol. The standard InChI is InChI=1S/C20H34N4O2.HI/c1-5-21-20(22-10-13-24-11-8-16(2)9-12-24)23-15-17-6-7-18(25-3)14-19(17)26-4;/h6-7,14,16H,5,8-13,15H2,1-4H3,(H2,21,22,23);1H. The lowest BCUT2D eigenvalue weighted by Gasteiger charge is -2.30. The van der Waals surface area contributed by atoms with Gasteiger partial charge in [-0.2, -0.15) is 0 Å². The Kier molecular flexibility index (Phi) is 11.5. The van der Waals surface area contributed by atoms with Crippen LogP contribution in [0.25, 0.3) is 0 Å². The summed E-state index contributed by atoms with van der Waals surface area (Å²) < 4.78 is 10.7. The first kappa shape index (κ1) is 23.8. The van der Waals surface area contributed by atoms with Gasteiger partial charge in [-0.1, -0.05) is 6.92 Å². The Bertz CT molecular complexity index is 575. The first-order valence-electron chi connectivity index (χ1n) is 9.61. The lowest BCUT2D eigenvalue weighted by Crippen LogP contribution is -2.43. The molecule has 0 bridgehead atoms. The topological polar surface area (TPSA) is 58.1 Å². The molecule has 154 valence electrons. The predicted octanol–water partition coefficient (Wildman–Crippen LogP) is 3.11. The van der Waals surface area contributed by atoms with E-state index in [0.717, 1.165) is 48.6 Å². The van der Waals surface area contributed by atoms with Crippen molar-refractivity contribution in [1.82, 2.24) is 15.5 Å².